The highest BCUT2D eigenvalue weighted by Gasteiger charge is 1.99. The molecule has 0 atom stereocenters. The van der Waals surface area contributed by atoms with Crippen molar-refractivity contribution in [3.05, 3.63) is 33.7 Å². The van der Waals surface area contributed by atoms with Crippen LogP contribution < -0.4 is 5.43 Å². The number of aryl methyl sites for hydroxylation is 2. The molecule has 82 valence electrons. The fraction of sp³-hybridized carbons (Fsp3) is 0.455. The largest absolute Gasteiger partial charge is 0.481 e. The molecule has 0 radical (unpaired) electrons. The lowest BCUT2D eigenvalue weighted by Crippen LogP contribution is -2.04. The summed E-state index contributed by atoms with van der Waals surface area (Å²) in [5, 5.41) is 8.44. The maximum atomic E-state index is 11.1. The zero-order valence-electron chi connectivity index (χ0n) is 8.75. The lowest BCUT2D eigenvalue weighted by Gasteiger charge is -2.02. The summed E-state index contributed by atoms with van der Waals surface area (Å²) < 4.78 is 0. The van der Waals surface area contributed by atoms with Crippen LogP contribution in [0.3, 0.4) is 0 Å². The topological polar surface area (TPSA) is 70.2 Å². The van der Waals surface area contributed by atoms with Crippen LogP contribution in [0.2, 0.25) is 0 Å². The van der Waals surface area contributed by atoms with Crippen LogP contribution >= 0.6 is 0 Å². The van der Waals surface area contributed by atoms with Gasteiger partial charge in [-0.05, 0) is 26.2 Å². The van der Waals surface area contributed by atoms with Crippen molar-refractivity contribution in [2.75, 3.05) is 0 Å². The number of nitrogens with one attached hydrogen (secondary N) is 1. The number of hydrogen-bond donors (Lipinski definition) is 2. The van der Waals surface area contributed by atoms with Crippen LogP contribution in [-0.2, 0) is 11.2 Å². The van der Waals surface area contributed by atoms with Crippen molar-refractivity contribution in [1.82, 2.24) is 4.98 Å². The first-order chi connectivity index (χ1) is 7.08. The molecule has 1 aromatic heterocycles. The molecule has 2 N–H and O–H groups in total. The Morgan fingerprint density at radius 3 is 2.73 bits per heavy atom. The molecule has 1 heterocycles. The Kier molecular flexibility index (Phi) is 4.09. The molecule has 15 heavy (non-hydrogen) atoms. The van der Waals surface area contributed by atoms with Crippen molar-refractivity contribution in [3.8, 4) is 0 Å². The van der Waals surface area contributed by atoms with Crippen LogP contribution in [0.25, 0.3) is 0 Å². The van der Waals surface area contributed by atoms with E-state index in [1.54, 1.807) is 12.1 Å². The molecule has 1 rings (SSSR count). The Bertz CT molecular complexity index is 395. The third-order valence-electron chi connectivity index (χ3n) is 2.12. The Hall–Kier alpha value is -1.58. The molecule has 0 spiro atoms. The SMILES string of the molecule is Cc1cc(=O)cc(CCCCC(=O)O)[nH]1. The Balaban J connectivity index is 2.44. The van der Waals surface area contributed by atoms with Gasteiger partial charge in [0.2, 0.25) is 0 Å². The Morgan fingerprint density at radius 1 is 1.40 bits per heavy atom. The van der Waals surface area contributed by atoms with Gasteiger partial charge in [0, 0.05) is 29.9 Å². The van der Waals surface area contributed by atoms with Crippen LogP contribution in [0.15, 0.2) is 16.9 Å². The van der Waals surface area contributed by atoms with Gasteiger partial charge in [-0.2, -0.15) is 0 Å². The summed E-state index contributed by atoms with van der Waals surface area (Å²) in [7, 11) is 0. The van der Waals surface area contributed by atoms with E-state index in [2.05, 4.69) is 4.98 Å². The lowest BCUT2D eigenvalue weighted by atomic mass is 10.1. The fourth-order valence-corrected chi connectivity index (χ4v) is 1.48. The first kappa shape index (κ1) is 11.5. The maximum absolute atomic E-state index is 11.1. The van der Waals surface area contributed by atoms with Crippen molar-refractivity contribution >= 4 is 5.97 Å². The van der Waals surface area contributed by atoms with Crippen LogP contribution in [0, 0.1) is 6.92 Å². The summed E-state index contributed by atoms with van der Waals surface area (Å²) in [6.07, 6.45) is 2.34. The Morgan fingerprint density at radius 2 is 2.13 bits per heavy atom. The molecule has 0 aliphatic carbocycles. The summed E-state index contributed by atoms with van der Waals surface area (Å²) in [4.78, 5) is 24.5. The van der Waals surface area contributed by atoms with Gasteiger partial charge in [0.1, 0.15) is 0 Å². The van der Waals surface area contributed by atoms with Crippen LogP contribution in [0.4, 0.5) is 0 Å². The van der Waals surface area contributed by atoms with Gasteiger partial charge >= 0.3 is 5.97 Å². The van der Waals surface area contributed by atoms with Gasteiger partial charge in [-0.25, -0.2) is 0 Å². The van der Waals surface area contributed by atoms with E-state index in [1.807, 2.05) is 6.92 Å². The van der Waals surface area contributed by atoms with E-state index in [0.717, 1.165) is 24.2 Å². The molecule has 4 nitrogen and oxygen atoms in total. The highest BCUT2D eigenvalue weighted by atomic mass is 16.4. The number of carboxylic acid groups (broad SMARTS) is 1. The minimum atomic E-state index is -0.771. The number of carbonyl (C=O) groups is 1. The summed E-state index contributed by atoms with van der Waals surface area (Å²) in [6, 6.07) is 3.11. The van der Waals surface area contributed by atoms with Crippen molar-refractivity contribution in [3.63, 3.8) is 0 Å². The second-order valence-electron chi connectivity index (χ2n) is 3.63. The number of unbranched alkanes of at least 4 members (excludes halogenated alkanes) is 1. The molecule has 0 bridgehead atoms. The van der Waals surface area contributed by atoms with E-state index < -0.39 is 5.97 Å². The average Bonchev–Trinajstić information content (AvgIpc) is 2.10. The third kappa shape index (κ3) is 4.44. The molecule has 0 aliphatic rings. The zero-order chi connectivity index (χ0) is 11.3. The second kappa shape index (κ2) is 5.34. The molecule has 0 fully saturated rings. The minimum Gasteiger partial charge on any atom is -0.481 e. The van der Waals surface area contributed by atoms with Gasteiger partial charge in [-0.3, -0.25) is 9.59 Å². The quantitative estimate of drug-likeness (QED) is 0.721. The van der Waals surface area contributed by atoms with Gasteiger partial charge in [0.05, 0.1) is 0 Å². The molecule has 4 heteroatoms. The summed E-state index contributed by atoms with van der Waals surface area (Å²) in [6.45, 7) is 1.84. The summed E-state index contributed by atoms with van der Waals surface area (Å²) in [5.74, 6) is -0.771. The van der Waals surface area contributed by atoms with Gasteiger partial charge in [-0.1, -0.05) is 0 Å². The maximum Gasteiger partial charge on any atom is 0.303 e. The van der Waals surface area contributed by atoms with Gasteiger partial charge in [0.25, 0.3) is 0 Å². The first-order valence-corrected chi connectivity index (χ1v) is 4.99. The molecule has 0 aliphatic heterocycles. The monoisotopic (exact) mass is 209 g/mol. The number of aromatic nitrogens is 1. The predicted octanol–water partition coefficient (Wildman–Crippen LogP) is 1.48. The molecule has 1 aromatic rings. The minimum absolute atomic E-state index is 0.000477. The number of rotatable bonds is 5. The number of pyridine rings is 1. The van der Waals surface area contributed by atoms with E-state index in [-0.39, 0.29) is 11.8 Å². The van der Waals surface area contributed by atoms with Crippen LogP contribution in [0.5, 0.6) is 0 Å². The molecular weight excluding hydrogens is 194 g/mol. The van der Waals surface area contributed by atoms with Crippen molar-refractivity contribution in [2.24, 2.45) is 0 Å². The van der Waals surface area contributed by atoms with Gasteiger partial charge in [-0.15, -0.1) is 0 Å². The van der Waals surface area contributed by atoms with E-state index in [9.17, 15) is 9.59 Å². The molecule has 0 aromatic carbocycles. The number of hydrogen-bond acceptors (Lipinski definition) is 2. The molecule has 0 saturated carbocycles. The standard InChI is InChI=1S/C11H15NO3/c1-8-6-10(13)7-9(12-8)4-2-3-5-11(14)15/h6-7H,2-5H2,1H3,(H,12,13)(H,14,15). The van der Waals surface area contributed by atoms with Crippen molar-refractivity contribution < 1.29 is 9.90 Å². The van der Waals surface area contributed by atoms with Gasteiger partial charge in [0.15, 0.2) is 5.43 Å². The Labute approximate surface area is 88.0 Å². The van der Waals surface area contributed by atoms with Crippen LogP contribution in [-0.4, -0.2) is 16.1 Å². The number of carboxylic acids is 1. The van der Waals surface area contributed by atoms with Crippen LogP contribution in [0.1, 0.15) is 30.7 Å². The van der Waals surface area contributed by atoms with E-state index in [0.29, 0.717) is 6.42 Å². The zero-order valence-corrected chi connectivity index (χ0v) is 8.75. The average molecular weight is 209 g/mol. The first-order valence-electron chi connectivity index (χ1n) is 4.99. The molecule has 0 saturated heterocycles. The van der Waals surface area contributed by atoms with Crippen molar-refractivity contribution in [2.45, 2.75) is 32.6 Å². The van der Waals surface area contributed by atoms with Crippen molar-refractivity contribution in [1.29, 1.82) is 0 Å². The molecule has 0 unspecified atom stereocenters. The predicted molar refractivity (Wildman–Crippen MR) is 57.0 cm³/mol. The third-order valence-corrected chi connectivity index (χ3v) is 2.12. The molecular formula is C11H15NO3. The number of H-pyrrole nitrogens is 1. The number of aromatic amines is 1. The normalized spacial score (nSPS) is 10.2. The highest BCUT2D eigenvalue weighted by molar-refractivity contribution is 5.66. The highest BCUT2D eigenvalue weighted by Crippen LogP contribution is 2.03. The molecule has 0 amide bonds. The number of aliphatic carboxylic acids is 1. The van der Waals surface area contributed by atoms with E-state index in [1.165, 1.54) is 0 Å². The second-order valence-corrected chi connectivity index (χ2v) is 3.63. The van der Waals surface area contributed by atoms with E-state index >= 15 is 0 Å². The fourth-order valence-electron chi connectivity index (χ4n) is 1.48. The summed E-state index contributed by atoms with van der Waals surface area (Å²) in [5.41, 5.74) is 1.72. The smallest absolute Gasteiger partial charge is 0.303 e. The lowest BCUT2D eigenvalue weighted by molar-refractivity contribution is -0.137. The summed E-state index contributed by atoms with van der Waals surface area (Å²) >= 11 is 0. The van der Waals surface area contributed by atoms with E-state index in [4.69, 9.17) is 5.11 Å². The van der Waals surface area contributed by atoms with Gasteiger partial charge < -0.3 is 10.1 Å².